The van der Waals surface area contributed by atoms with Gasteiger partial charge in [0.2, 0.25) is 5.91 Å². The van der Waals surface area contributed by atoms with Crippen molar-refractivity contribution in [2.75, 3.05) is 32.9 Å². The minimum Gasteiger partial charge on any atom is -0.396 e. The van der Waals surface area contributed by atoms with E-state index in [1.54, 1.807) is 4.90 Å². The Morgan fingerprint density at radius 2 is 2.15 bits per heavy atom. The van der Waals surface area contributed by atoms with E-state index in [2.05, 4.69) is 0 Å². The average Bonchev–Trinajstić information content (AvgIpc) is 2.19. The second kappa shape index (κ2) is 5.19. The van der Waals surface area contributed by atoms with Crippen molar-refractivity contribution in [3.05, 3.63) is 0 Å². The maximum absolute atomic E-state index is 11.5. The van der Waals surface area contributed by atoms with Crippen molar-refractivity contribution in [3.8, 4) is 0 Å². The highest BCUT2D eigenvalue weighted by Gasteiger charge is 2.18. The summed E-state index contributed by atoms with van der Waals surface area (Å²) in [6.45, 7) is 4.61. The summed E-state index contributed by atoms with van der Waals surface area (Å²) < 4.78 is 5.14. The zero-order valence-corrected chi connectivity index (χ0v) is 8.03. The third kappa shape index (κ3) is 3.32. The van der Waals surface area contributed by atoms with Crippen molar-refractivity contribution in [1.82, 2.24) is 4.90 Å². The molecule has 4 heteroatoms. The average molecular weight is 187 g/mol. The largest absolute Gasteiger partial charge is 0.396 e. The minimum absolute atomic E-state index is 0.0651. The monoisotopic (exact) mass is 187 g/mol. The second-order valence-corrected chi connectivity index (χ2v) is 3.49. The van der Waals surface area contributed by atoms with Crippen molar-refractivity contribution in [3.63, 3.8) is 0 Å². The van der Waals surface area contributed by atoms with Crippen LogP contribution in [0.15, 0.2) is 0 Å². The molecule has 0 spiro atoms. The Morgan fingerprint density at radius 3 is 2.69 bits per heavy atom. The fraction of sp³-hybridized carbons (Fsp3) is 0.889. The Kier molecular flexibility index (Phi) is 4.18. The highest BCUT2D eigenvalue weighted by Crippen LogP contribution is 2.06. The van der Waals surface area contributed by atoms with Gasteiger partial charge in [0, 0.05) is 26.1 Å². The summed E-state index contributed by atoms with van der Waals surface area (Å²) in [6, 6.07) is 0. The van der Waals surface area contributed by atoms with Crippen LogP contribution in [0.4, 0.5) is 0 Å². The number of nitrogens with zero attached hydrogens (tertiary/aromatic N) is 1. The van der Waals surface area contributed by atoms with Gasteiger partial charge >= 0.3 is 0 Å². The van der Waals surface area contributed by atoms with Crippen molar-refractivity contribution < 1.29 is 14.6 Å². The Balaban J connectivity index is 2.29. The number of ether oxygens (including phenoxy) is 1. The SMILES string of the molecule is CC(CO)CC(=O)N1CCOCC1. The number of hydrogen-bond acceptors (Lipinski definition) is 3. The molecule has 1 aliphatic rings. The number of morpholine rings is 1. The molecule has 0 saturated carbocycles. The van der Waals surface area contributed by atoms with Crippen LogP contribution in [0.1, 0.15) is 13.3 Å². The summed E-state index contributed by atoms with van der Waals surface area (Å²) in [5.74, 6) is 0.195. The number of carbonyl (C=O) groups excluding carboxylic acids is 1. The fourth-order valence-electron chi connectivity index (χ4n) is 1.30. The molecule has 4 nitrogen and oxygen atoms in total. The molecule has 0 aromatic rings. The summed E-state index contributed by atoms with van der Waals surface area (Å²) in [5, 5.41) is 8.79. The maximum Gasteiger partial charge on any atom is 0.223 e. The van der Waals surface area contributed by atoms with Crippen molar-refractivity contribution in [1.29, 1.82) is 0 Å². The summed E-state index contributed by atoms with van der Waals surface area (Å²) >= 11 is 0. The number of aliphatic hydroxyl groups is 1. The van der Waals surface area contributed by atoms with Crippen LogP contribution in [0.2, 0.25) is 0 Å². The molecule has 1 amide bonds. The van der Waals surface area contributed by atoms with Gasteiger partial charge in [0.05, 0.1) is 13.2 Å². The van der Waals surface area contributed by atoms with Gasteiger partial charge in [-0.25, -0.2) is 0 Å². The molecule has 0 aliphatic carbocycles. The zero-order valence-electron chi connectivity index (χ0n) is 8.03. The van der Waals surface area contributed by atoms with Gasteiger partial charge in [-0.05, 0) is 5.92 Å². The van der Waals surface area contributed by atoms with Crippen LogP contribution in [-0.2, 0) is 9.53 Å². The first-order chi connectivity index (χ1) is 6.24. The predicted molar refractivity (Wildman–Crippen MR) is 48.3 cm³/mol. The van der Waals surface area contributed by atoms with Crippen molar-refractivity contribution in [2.45, 2.75) is 13.3 Å². The van der Waals surface area contributed by atoms with E-state index in [9.17, 15) is 4.79 Å². The van der Waals surface area contributed by atoms with Gasteiger partial charge < -0.3 is 14.7 Å². The molecule has 0 bridgehead atoms. The molecule has 0 radical (unpaired) electrons. The third-order valence-electron chi connectivity index (χ3n) is 2.20. The molecular formula is C9H17NO3. The topological polar surface area (TPSA) is 49.8 Å². The van der Waals surface area contributed by atoms with Gasteiger partial charge in [-0.1, -0.05) is 6.92 Å². The standard InChI is InChI=1S/C9H17NO3/c1-8(7-11)6-9(12)10-2-4-13-5-3-10/h8,11H,2-7H2,1H3. The molecule has 1 fully saturated rings. The normalized spacial score (nSPS) is 20.0. The molecule has 1 atom stereocenters. The van der Waals surface area contributed by atoms with E-state index in [1.807, 2.05) is 6.92 Å². The fourth-order valence-corrected chi connectivity index (χ4v) is 1.30. The second-order valence-electron chi connectivity index (χ2n) is 3.49. The molecule has 1 aliphatic heterocycles. The van der Waals surface area contributed by atoms with Crippen LogP contribution in [-0.4, -0.2) is 48.8 Å². The first-order valence-corrected chi connectivity index (χ1v) is 4.70. The van der Waals surface area contributed by atoms with Gasteiger partial charge in [-0.2, -0.15) is 0 Å². The lowest BCUT2D eigenvalue weighted by Gasteiger charge is -2.27. The maximum atomic E-state index is 11.5. The van der Waals surface area contributed by atoms with E-state index in [0.717, 1.165) is 0 Å². The predicted octanol–water partition coefficient (Wildman–Crippen LogP) is -0.136. The van der Waals surface area contributed by atoms with Crippen molar-refractivity contribution >= 4 is 5.91 Å². The van der Waals surface area contributed by atoms with E-state index < -0.39 is 0 Å². The first-order valence-electron chi connectivity index (χ1n) is 4.70. The number of amides is 1. The van der Waals surface area contributed by atoms with Crippen LogP contribution in [0.5, 0.6) is 0 Å². The summed E-state index contributed by atoms with van der Waals surface area (Å²) in [7, 11) is 0. The molecule has 0 aromatic heterocycles. The lowest BCUT2D eigenvalue weighted by Crippen LogP contribution is -2.41. The molecular weight excluding hydrogens is 170 g/mol. The third-order valence-corrected chi connectivity index (χ3v) is 2.20. The van der Waals surface area contributed by atoms with Crippen LogP contribution in [0.25, 0.3) is 0 Å². The van der Waals surface area contributed by atoms with Crippen LogP contribution in [0.3, 0.4) is 0 Å². The minimum atomic E-state index is 0.0651. The summed E-state index contributed by atoms with van der Waals surface area (Å²) in [4.78, 5) is 13.3. The highest BCUT2D eigenvalue weighted by atomic mass is 16.5. The van der Waals surface area contributed by atoms with Gasteiger partial charge in [0.25, 0.3) is 0 Å². The van der Waals surface area contributed by atoms with Gasteiger partial charge in [-0.3, -0.25) is 4.79 Å². The van der Waals surface area contributed by atoms with E-state index in [1.165, 1.54) is 0 Å². The molecule has 1 N–H and O–H groups in total. The first kappa shape index (κ1) is 10.5. The number of carbonyl (C=O) groups is 1. The quantitative estimate of drug-likeness (QED) is 0.669. The van der Waals surface area contributed by atoms with Crippen LogP contribution >= 0.6 is 0 Å². The lowest BCUT2D eigenvalue weighted by atomic mass is 10.1. The Hall–Kier alpha value is -0.610. The van der Waals surface area contributed by atoms with Crippen LogP contribution in [0, 0.1) is 5.92 Å². The number of rotatable bonds is 3. The molecule has 1 heterocycles. The Bertz CT molecular complexity index is 166. The molecule has 1 rings (SSSR count). The van der Waals surface area contributed by atoms with Crippen molar-refractivity contribution in [2.24, 2.45) is 5.92 Å². The van der Waals surface area contributed by atoms with E-state index >= 15 is 0 Å². The number of aliphatic hydroxyl groups excluding tert-OH is 1. The van der Waals surface area contributed by atoms with E-state index in [0.29, 0.717) is 32.7 Å². The summed E-state index contributed by atoms with van der Waals surface area (Å²) in [6.07, 6.45) is 0.441. The van der Waals surface area contributed by atoms with Gasteiger partial charge in [0.1, 0.15) is 0 Å². The van der Waals surface area contributed by atoms with Gasteiger partial charge in [0.15, 0.2) is 0 Å². The van der Waals surface area contributed by atoms with Gasteiger partial charge in [-0.15, -0.1) is 0 Å². The smallest absolute Gasteiger partial charge is 0.223 e. The number of hydrogen-bond donors (Lipinski definition) is 1. The lowest BCUT2D eigenvalue weighted by molar-refractivity contribution is -0.136. The molecule has 1 saturated heterocycles. The zero-order chi connectivity index (χ0) is 9.68. The van der Waals surface area contributed by atoms with E-state index in [-0.39, 0.29) is 18.4 Å². The van der Waals surface area contributed by atoms with Crippen LogP contribution < -0.4 is 0 Å². The Labute approximate surface area is 78.5 Å². The summed E-state index contributed by atoms with van der Waals surface area (Å²) in [5.41, 5.74) is 0. The Morgan fingerprint density at radius 1 is 1.54 bits per heavy atom. The highest BCUT2D eigenvalue weighted by molar-refractivity contribution is 5.76. The molecule has 1 unspecified atom stereocenters. The molecule has 76 valence electrons. The molecule has 0 aromatic carbocycles. The van der Waals surface area contributed by atoms with E-state index in [4.69, 9.17) is 9.84 Å². The molecule has 13 heavy (non-hydrogen) atoms.